The number of halogens is 1. The number of anilines is 2. The maximum Gasteiger partial charge on any atom is 0.229 e. The lowest BCUT2D eigenvalue weighted by atomic mass is 9.99. The molecule has 0 aliphatic carbocycles. The first-order chi connectivity index (χ1) is 13.7. The Labute approximate surface area is 170 Å². The maximum absolute atomic E-state index is 12.5. The summed E-state index contributed by atoms with van der Waals surface area (Å²) in [6.45, 7) is 3.13. The van der Waals surface area contributed by atoms with Crippen molar-refractivity contribution < 1.29 is 9.53 Å². The van der Waals surface area contributed by atoms with Crippen molar-refractivity contribution >= 4 is 29.1 Å². The van der Waals surface area contributed by atoms with Crippen LogP contribution in [0.15, 0.2) is 30.5 Å². The van der Waals surface area contributed by atoms with Gasteiger partial charge in [-0.2, -0.15) is 0 Å². The number of nitrogens with zero attached hydrogens (tertiary/aromatic N) is 2. The van der Waals surface area contributed by atoms with Gasteiger partial charge in [0.15, 0.2) is 0 Å². The summed E-state index contributed by atoms with van der Waals surface area (Å²) in [7, 11) is 1.69. The predicted octanol–water partition coefficient (Wildman–Crippen LogP) is 3.18. The number of methoxy groups -OCH3 is 1. The van der Waals surface area contributed by atoms with Gasteiger partial charge in [0.2, 0.25) is 5.91 Å². The first kappa shape index (κ1) is 20.5. The molecule has 0 saturated carbocycles. The summed E-state index contributed by atoms with van der Waals surface area (Å²) in [5.41, 5.74) is 1.45. The van der Waals surface area contributed by atoms with E-state index in [4.69, 9.17) is 16.3 Å². The van der Waals surface area contributed by atoms with Crippen LogP contribution in [0.25, 0.3) is 11.3 Å². The van der Waals surface area contributed by atoms with Crippen LogP contribution in [0.1, 0.15) is 19.3 Å². The molecular formula is C20H26ClN5O2. The molecule has 7 nitrogen and oxygen atoms in total. The molecule has 3 N–H and O–H groups in total. The fourth-order valence-electron chi connectivity index (χ4n) is 3.12. The third-order valence-corrected chi connectivity index (χ3v) is 4.93. The van der Waals surface area contributed by atoms with Crippen molar-refractivity contribution in [3.8, 4) is 11.3 Å². The minimum absolute atomic E-state index is 0.0190. The number of carbonyl (C=O) groups is 1. The van der Waals surface area contributed by atoms with Gasteiger partial charge in [-0.1, -0.05) is 17.7 Å². The van der Waals surface area contributed by atoms with E-state index in [1.54, 1.807) is 19.4 Å². The summed E-state index contributed by atoms with van der Waals surface area (Å²) < 4.78 is 5.05. The van der Waals surface area contributed by atoms with Gasteiger partial charge in [-0.15, -0.1) is 0 Å². The molecule has 1 fully saturated rings. The Kier molecular flexibility index (Phi) is 7.59. The Bertz CT molecular complexity index is 796. The van der Waals surface area contributed by atoms with Crippen LogP contribution in [0.4, 0.5) is 11.6 Å². The van der Waals surface area contributed by atoms with Crippen LogP contribution in [-0.4, -0.2) is 49.2 Å². The first-order valence-electron chi connectivity index (χ1n) is 9.54. The van der Waals surface area contributed by atoms with E-state index in [0.717, 1.165) is 49.4 Å². The number of aromatic nitrogens is 2. The molecule has 0 aromatic carbocycles. The van der Waals surface area contributed by atoms with E-state index in [0.29, 0.717) is 24.0 Å². The number of nitrogens with one attached hydrogen (secondary N) is 3. The molecular weight excluding hydrogens is 378 g/mol. The van der Waals surface area contributed by atoms with Crippen LogP contribution in [0.2, 0.25) is 5.02 Å². The van der Waals surface area contributed by atoms with Crippen molar-refractivity contribution in [1.82, 2.24) is 15.3 Å². The predicted molar refractivity (Wildman–Crippen MR) is 112 cm³/mol. The van der Waals surface area contributed by atoms with Gasteiger partial charge in [0, 0.05) is 38.6 Å². The van der Waals surface area contributed by atoms with Gasteiger partial charge in [-0.05, 0) is 44.0 Å². The van der Waals surface area contributed by atoms with Crippen LogP contribution in [0, 0.1) is 5.92 Å². The summed E-state index contributed by atoms with van der Waals surface area (Å²) in [5.74, 6) is 1.19. The Hall–Kier alpha value is -2.22. The van der Waals surface area contributed by atoms with Crippen molar-refractivity contribution in [2.75, 3.05) is 44.0 Å². The Balaban J connectivity index is 1.71. The number of amides is 1. The summed E-state index contributed by atoms with van der Waals surface area (Å²) in [6, 6.07) is 7.49. The molecule has 0 radical (unpaired) electrons. The highest BCUT2D eigenvalue weighted by Gasteiger charge is 2.21. The third-order valence-electron chi connectivity index (χ3n) is 4.63. The largest absolute Gasteiger partial charge is 0.385 e. The smallest absolute Gasteiger partial charge is 0.229 e. The van der Waals surface area contributed by atoms with Crippen molar-refractivity contribution in [3.05, 3.63) is 35.5 Å². The number of pyridine rings is 2. The first-order valence-corrected chi connectivity index (χ1v) is 9.92. The lowest BCUT2D eigenvalue weighted by Crippen LogP contribution is -2.37. The minimum Gasteiger partial charge on any atom is -0.385 e. The third kappa shape index (κ3) is 5.64. The highest BCUT2D eigenvalue weighted by Crippen LogP contribution is 2.29. The van der Waals surface area contributed by atoms with Crippen LogP contribution in [-0.2, 0) is 9.53 Å². The molecule has 1 aliphatic heterocycles. The van der Waals surface area contributed by atoms with Crippen LogP contribution in [0.3, 0.4) is 0 Å². The highest BCUT2D eigenvalue weighted by atomic mass is 35.5. The fourth-order valence-corrected chi connectivity index (χ4v) is 3.32. The molecule has 8 heteroatoms. The van der Waals surface area contributed by atoms with Crippen molar-refractivity contribution in [1.29, 1.82) is 0 Å². The number of ether oxygens (including phenoxy) is 1. The minimum atomic E-state index is -0.0348. The number of piperidine rings is 1. The molecule has 150 valence electrons. The van der Waals surface area contributed by atoms with Gasteiger partial charge in [-0.25, -0.2) is 9.97 Å². The van der Waals surface area contributed by atoms with E-state index in [-0.39, 0.29) is 11.8 Å². The summed E-state index contributed by atoms with van der Waals surface area (Å²) in [4.78, 5) is 21.3. The van der Waals surface area contributed by atoms with Gasteiger partial charge in [0.1, 0.15) is 11.6 Å². The maximum atomic E-state index is 12.5. The monoisotopic (exact) mass is 403 g/mol. The van der Waals surface area contributed by atoms with Gasteiger partial charge >= 0.3 is 0 Å². The molecule has 28 heavy (non-hydrogen) atoms. The summed E-state index contributed by atoms with van der Waals surface area (Å²) in [5, 5.41) is 9.92. The Morgan fingerprint density at radius 3 is 3.07 bits per heavy atom. The van der Waals surface area contributed by atoms with Crippen LogP contribution in [0.5, 0.6) is 0 Å². The van der Waals surface area contributed by atoms with Gasteiger partial charge in [-0.3, -0.25) is 4.79 Å². The zero-order chi connectivity index (χ0) is 19.8. The molecule has 1 atom stereocenters. The zero-order valence-electron chi connectivity index (χ0n) is 16.0. The molecule has 0 unspecified atom stereocenters. The Morgan fingerprint density at radius 2 is 2.29 bits per heavy atom. The lowest BCUT2D eigenvalue weighted by Gasteiger charge is -2.21. The van der Waals surface area contributed by atoms with Crippen LogP contribution < -0.4 is 16.0 Å². The fraction of sp³-hybridized carbons (Fsp3) is 0.450. The number of carbonyl (C=O) groups excluding carboxylic acids is 1. The van der Waals surface area contributed by atoms with E-state index in [9.17, 15) is 4.79 Å². The van der Waals surface area contributed by atoms with Gasteiger partial charge < -0.3 is 20.7 Å². The van der Waals surface area contributed by atoms with Gasteiger partial charge in [0.05, 0.1) is 16.6 Å². The second kappa shape index (κ2) is 10.4. The molecule has 1 saturated heterocycles. The second-order valence-electron chi connectivity index (χ2n) is 6.76. The molecule has 0 spiro atoms. The molecule has 1 amide bonds. The number of hydrogen-bond acceptors (Lipinski definition) is 6. The van der Waals surface area contributed by atoms with Gasteiger partial charge in [0.25, 0.3) is 0 Å². The van der Waals surface area contributed by atoms with Crippen molar-refractivity contribution in [2.45, 2.75) is 19.3 Å². The quantitative estimate of drug-likeness (QED) is 0.587. The number of rotatable bonds is 8. The molecule has 2 aromatic rings. The molecule has 2 aromatic heterocycles. The number of hydrogen-bond donors (Lipinski definition) is 3. The molecule has 3 rings (SSSR count). The molecule has 0 bridgehead atoms. The Morgan fingerprint density at radius 1 is 1.39 bits per heavy atom. The van der Waals surface area contributed by atoms with E-state index in [1.807, 2.05) is 18.2 Å². The average Bonchev–Trinajstić information content (AvgIpc) is 2.73. The van der Waals surface area contributed by atoms with E-state index < -0.39 is 0 Å². The summed E-state index contributed by atoms with van der Waals surface area (Å²) >= 11 is 6.35. The van der Waals surface area contributed by atoms with E-state index in [1.165, 1.54) is 0 Å². The molecule has 1 aliphatic rings. The zero-order valence-corrected chi connectivity index (χ0v) is 16.8. The highest BCUT2D eigenvalue weighted by molar-refractivity contribution is 6.33. The average molecular weight is 404 g/mol. The standard InChI is InChI=1S/C20H26ClN5O2/c1-28-10-4-9-23-18-7-2-6-17(25-18)15-11-19(24-13-16(15)21)26-20(27)14-5-3-8-22-12-14/h2,6-7,11,13-14,22H,3-5,8-10,12H2,1H3,(H,23,25)(H,24,26,27)/t14-/m1/s1. The lowest BCUT2D eigenvalue weighted by molar-refractivity contribution is -0.120. The second-order valence-corrected chi connectivity index (χ2v) is 7.17. The van der Waals surface area contributed by atoms with Crippen molar-refractivity contribution in [2.24, 2.45) is 5.92 Å². The van der Waals surface area contributed by atoms with Crippen LogP contribution >= 0.6 is 11.6 Å². The SMILES string of the molecule is COCCCNc1cccc(-c2cc(NC(=O)[C@@H]3CCCNC3)ncc2Cl)n1. The topological polar surface area (TPSA) is 88.2 Å². The van der Waals surface area contributed by atoms with E-state index >= 15 is 0 Å². The normalized spacial score (nSPS) is 16.6. The van der Waals surface area contributed by atoms with E-state index in [2.05, 4.69) is 25.9 Å². The molecule has 3 heterocycles. The van der Waals surface area contributed by atoms with Crippen molar-refractivity contribution in [3.63, 3.8) is 0 Å². The summed E-state index contributed by atoms with van der Waals surface area (Å²) in [6.07, 6.45) is 4.33.